The van der Waals surface area contributed by atoms with Crippen molar-refractivity contribution in [1.29, 1.82) is 0 Å². The normalized spacial score (nSPS) is 10.0. The van der Waals surface area contributed by atoms with E-state index in [2.05, 4.69) is 15.7 Å². The molecule has 4 N–H and O–H groups in total. The number of nitrogens with zero attached hydrogens (tertiary/aromatic N) is 1. The molecule has 0 radical (unpaired) electrons. The molecule has 1 heterocycles. The Bertz CT molecular complexity index is 588. The molecule has 1 aromatic heterocycles. The first-order chi connectivity index (χ1) is 9.20. The number of hydrazine groups is 1. The molecule has 2 aromatic rings. The summed E-state index contributed by atoms with van der Waals surface area (Å²) in [5, 5.41) is 2.63. The van der Waals surface area contributed by atoms with Gasteiger partial charge in [0.1, 0.15) is 11.6 Å². The second-order valence-electron chi connectivity index (χ2n) is 3.85. The van der Waals surface area contributed by atoms with Gasteiger partial charge in [0.2, 0.25) is 0 Å². The molecule has 0 saturated carbocycles. The Kier molecular flexibility index (Phi) is 4.04. The second kappa shape index (κ2) is 5.92. The Morgan fingerprint density at radius 3 is 2.84 bits per heavy atom. The van der Waals surface area contributed by atoms with E-state index in [0.717, 1.165) is 0 Å². The van der Waals surface area contributed by atoms with Crippen LogP contribution in [0.5, 0.6) is 0 Å². The first-order valence-electron chi connectivity index (χ1n) is 5.65. The van der Waals surface area contributed by atoms with Crippen LogP contribution in [-0.4, -0.2) is 10.9 Å². The van der Waals surface area contributed by atoms with E-state index in [1.165, 1.54) is 18.3 Å². The number of carbonyl (C=O) groups is 1. The van der Waals surface area contributed by atoms with Gasteiger partial charge in [-0.05, 0) is 18.2 Å². The molecule has 2 rings (SSSR count). The lowest BCUT2D eigenvalue weighted by molar-refractivity contribution is 0.0950. The van der Waals surface area contributed by atoms with Crippen molar-refractivity contribution in [2.45, 2.75) is 6.54 Å². The fraction of sp³-hybridized carbons (Fsp3) is 0.0769. The quantitative estimate of drug-likeness (QED) is 0.574. The molecule has 0 aliphatic carbocycles. The van der Waals surface area contributed by atoms with Gasteiger partial charge in [0, 0.05) is 23.9 Å². The number of hydrogen-bond acceptors (Lipinski definition) is 4. The fourth-order valence-corrected chi connectivity index (χ4v) is 1.57. The van der Waals surface area contributed by atoms with E-state index in [-0.39, 0.29) is 18.3 Å². The first-order valence-corrected chi connectivity index (χ1v) is 5.65. The summed E-state index contributed by atoms with van der Waals surface area (Å²) in [5.41, 5.74) is 3.19. The van der Waals surface area contributed by atoms with Crippen molar-refractivity contribution >= 4 is 11.7 Å². The molecule has 6 heteroatoms. The molecule has 5 nitrogen and oxygen atoms in total. The number of amides is 1. The van der Waals surface area contributed by atoms with E-state index >= 15 is 0 Å². The average molecular weight is 260 g/mol. The van der Waals surface area contributed by atoms with Gasteiger partial charge in [-0.1, -0.05) is 18.2 Å². The maximum absolute atomic E-state index is 13.4. The Morgan fingerprint density at radius 1 is 1.32 bits per heavy atom. The maximum Gasteiger partial charge on any atom is 0.251 e. The van der Waals surface area contributed by atoms with E-state index < -0.39 is 0 Å². The van der Waals surface area contributed by atoms with Crippen molar-refractivity contribution < 1.29 is 9.18 Å². The lowest BCUT2D eigenvalue weighted by atomic mass is 10.2. The van der Waals surface area contributed by atoms with E-state index in [4.69, 9.17) is 5.84 Å². The highest BCUT2D eigenvalue weighted by atomic mass is 19.1. The molecule has 0 aliphatic rings. The molecule has 0 bridgehead atoms. The molecule has 98 valence electrons. The highest BCUT2D eigenvalue weighted by Gasteiger charge is 2.07. The van der Waals surface area contributed by atoms with E-state index in [1.54, 1.807) is 24.3 Å². The monoisotopic (exact) mass is 260 g/mol. The lowest BCUT2D eigenvalue weighted by Gasteiger charge is -2.07. The lowest BCUT2D eigenvalue weighted by Crippen LogP contribution is -2.23. The van der Waals surface area contributed by atoms with E-state index in [9.17, 15) is 9.18 Å². The summed E-state index contributed by atoms with van der Waals surface area (Å²) in [7, 11) is 0. The van der Waals surface area contributed by atoms with Gasteiger partial charge in [-0.25, -0.2) is 15.2 Å². The smallest absolute Gasteiger partial charge is 0.251 e. The molecule has 0 fully saturated rings. The summed E-state index contributed by atoms with van der Waals surface area (Å²) < 4.78 is 13.4. The van der Waals surface area contributed by atoms with Crippen LogP contribution in [0.2, 0.25) is 0 Å². The Hall–Kier alpha value is -2.47. The summed E-state index contributed by atoms with van der Waals surface area (Å²) in [5.74, 6) is 4.93. The van der Waals surface area contributed by atoms with Crippen LogP contribution in [0.25, 0.3) is 0 Å². The van der Waals surface area contributed by atoms with Gasteiger partial charge >= 0.3 is 0 Å². The van der Waals surface area contributed by atoms with Gasteiger partial charge in [0.15, 0.2) is 0 Å². The van der Waals surface area contributed by atoms with Crippen LogP contribution in [0.3, 0.4) is 0 Å². The molecule has 0 saturated heterocycles. The number of nitrogen functional groups attached to an aromatic ring is 1. The Balaban J connectivity index is 2.03. The van der Waals surface area contributed by atoms with Gasteiger partial charge in [-0.3, -0.25) is 4.79 Å². The van der Waals surface area contributed by atoms with Crippen LogP contribution in [0.4, 0.5) is 10.2 Å². The zero-order chi connectivity index (χ0) is 13.7. The van der Waals surface area contributed by atoms with Crippen LogP contribution in [0, 0.1) is 5.82 Å². The number of hydrogen-bond donors (Lipinski definition) is 3. The predicted octanol–water partition coefficient (Wildman–Crippen LogP) is 1.44. The van der Waals surface area contributed by atoms with Crippen LogP contribution >= 0.6 is 0 Å². The number of anilines is 1. The average Bonchev–Trinajstić information content (AvgIpc) is 2.46. The van der Waals surface area contributed by atoms with E-state index in [0.29, 0.717) is 16.9 Å². The third kappa shape index (κ3) is 3.26. The SMILES string of the molecule is NNc1cc(C(=O)NCc2ccccc2F)ccn1. The van der Waals surface area contributed by atoms with E-state index in [1.807, 2.05) is 0 Å². The molecular formula is C13H13FN4O. The van der Waals surface area contributed by atoms with Crippen LogP contribution < -0.4 is 16.6 Å². The number of carbonyl (C=O) groups excluding carboxylic acids is 1. The van der Waals surface area contributed by atoms with Gasteiger partial charge in [0.25, 0.3) is 5.91 Å². The minimum atomic E-state index is -0.346. The van der Waals surface area contributed by atoms with Crippen molar-refractivity contribution in [3.8, 4) is 0 Å². The van der Waals surface area contributed by atoms with Crippen molar-refractivity contribution in [2.24, 2.45) is 5.84 Å². The topological polar surface area (TPSA) is 80.0 Å². The number of nitrogens with one attached hydrogen (secondary N) is 2. The van der Waals surface area contributed by atoms with Crippen LogP contribution in [0.15, 0.2) is 42.6 Å². The minimum absolute atomic E-state index is 0.124. The second-order valence-corrected chi connectivity index (χ2v) is 3.85. The third-order valence-corrected chi connectivity index (χ3v) is 2.57. The van der Waals surface area contributed by atoms with Crippen LogP contribution in [-0.2, 0) is 6.54 Å². The molecule has 0 unspecified atom stereocenters. The third-order valence-electron chi connectivity index (χ3n) is 2.57. The van der Waals surface area contributed by atoms with Crippen molar-refractivity contribution in [1.82, 2.24) is 10.3 Å². The maximum atomic E-state index is 13.4. The zero-order valence-electron chi connectivity index (χ0n) is 10.1. The standard InChI is InChI=1S/C13H13FN4O/c14-11-4-2-1-3-10(11)8-17-13(19)9-5-6-16-12(7-9)18-15/h1-7H,8,15H2,(H,16,18)(H,17,19). The predicted molar refractivity (Wildman–Crippen MR) is 69.6 cm³/mol. The number of pyridine rings is 1. The summed E-state index contributed by atoms with van der Waals surface area (Å²) in [6.45, 7) is 0.124. The highest BCUT2D eigenvalue weighted by Crippen LogP contribution is 2.08. The van der Waals surface area contributed by atoms with Gasteiger partial charge in [0.05, 0.1) is 0 Å². The number of rotatable bonds is 4. The number of nitrogens with two attached hydrogens (primary N) is 1. The molecule has 19 heavy (non-hydrogen) atoms. The number of halogens is 1. The molecule has 0 aliphatic heterocycles. The van der Waals surface area contributed by atoms with Gasteiger partial charge in [-0.15, -0.1) is 0 Å². The minimum Gasteiger partial charge on any atom is -0.348 e. The zero-order valence-corrected chi connectivity index (χ0v) is 10.1. The summed E-state index contributed by atoms with van der Waals surface area (Å²) in [6.07, 6.45) is 1.47. The van der Waals surface area contributed by atoms with Gasteiger partial charge < -0.3 is 10.7 Å². The highest BCUT2D eigenvalue weighted by molar-refractivity contribution is 5.94. The van der Waals surface area contributed by atoms with Crippen molar-refractivity contribution in [2.75, 3.05) is 5.43 Å². The molecular weight excluding hydrogens is 247 g/mol. The first kappa shape index (κ1) is 13.0. The van der Waals surface area contributed by atoms with Crippen molar-refractivity contribution in [3.63, 3.8) is 0 Å². The number of aromatic nitrogens is 1. The summed E-state index contributed by atoms with van der Waals surface area (Å²) in [6, 6.07) is 9.35. The molecule has 1 aromatic carbocycles. The fourth-order valence-electron chi connectivity index (χ4n) is 1.57. The van der Waals surface area contributed by atoms with Crippen LogP contribution in [0.1, 0.15) is 15.9 Å². The Morgan fingerprint density at radius 2 is 2.11 bits per heavy atom. The summed E-state index contributed by atoms with van der Waals surface area (Å²) >= 11 is 0. The Labute approximate surface area is 109 Å². The summed E-state index contributed by atoms with van der Waals surface area (Å²) in [4.78, 5) is 15.8. The molecule has 1 amide bonds. The van der Waals surface area contributed by atoms with Crippen molar-refractivity contribution in [3.05, 3.63) is 59.5 Å². The molecule has 0 spiro atoms. The number of benzene rings is 1. The van der Waals surface area contributed by atoms with Gasteiger partial charge in [-0.2, -0.15) is 0 Å². The molecule has 0 atom stereocenters. The largest absolute Gasteiger partial charge is 0.348 e.